The fourth-order valence-corrected chi connectivity index (χ4v) is 3.67. The van der Waals surface area contributed by atoms with Gasteiger partial charge in [-0.25, -0.2) is 0 Å². The standard InChI is InChI=1S/C15H24O/c1-10-6-7-12-14(3,4)11(2)8-9-15(12,5)13(10)16/h7,10-11H,6,8-9H2,1-5H3/t10-,11?,15?/m1/s1. The number of ketones is 1. The van der Waals surface area contributed by atoms with Gasteiger partial charge < -0.3 is 0 Å². The van der Waals surface area contributed by atoms with Crippen molar-refractivity contribution in [2.45, 2.75) is 53.9 Å². The molecule has 0 saturated heterocycles. The Kier molecular flexibility index (Phi) is 2.56. The van der Waals surface area contributed by atoms with Gasteiger partial charge in [-0.05, 0) is 37.5 Å². The van der Waals surface area contributed by atoms with Gasteiger partial charge in [-0.15, -0.1) is 0 Å². The molecular formula is C15H24O. The van der Waals surface area contributed by atoms with Crippen LogP contribution in [-0.4, -0.2) is 5.78 Å². The van der Waals surface area contributed by atoms with Gasteiger partial charge in [-0.1, -0.05) is 39.3 Å². The largest absolute Gasteiger partial charge is 0.298 e. The molecule has 2 rings (SSSR count). The quantitative estimate of drug-likeness (QED) is 0.564. The molecule has 0 aliphatic heterocycles. The van der Waals surface area contributed by atoms with Crippen LogP contribution in [0.2, 0.25) is 0 Å². The van der Waals surface area contributed by atoms with E-state index in [1.807, 2.05) is 0 Å². The number of fused-ring (bicyclic) bond motifs is 1. The smallest absolute Gasteiger partial charge is 0.145 e. The minimum Gasteiger partial charge on any atom is -0.298 e. The summed E-state index contributed by atoms with van der Waals surface area (Å²) in [4.78, 5) is 12.4. The molecule has 2 aliphatic rings. The van der Waals surface area contributed by atoms with Crippen LogP contribution in [0.15, 0.2) is 11.6 Å². The lowest BCUT2D eigenvalue weighted by atomic mass is 9.52. The van der Waals surface area contributed by atoms with Crippen molar-refractivity contribution in [1.82, 2.24) is 0 Å². The topological polar surface area (TPSA) is 17.1 Å². The van der Waals surface area contributed by atoms with Crippen molar-refractivity contribution >= 4 is 5.78 Å². The van der Waals surface area contributed by atoms with Crippen molar-refractivity contribution < 1.29 is 4.79 Å². The van der Waals surface area contributed by atoms with Crippen molar-refractivity contribution in [3.8, 4) is 0 Å². The number of allylic oxidation sites excluding steroid dienone is 2. The summed E-state index contributed by atoms with van der Waals surface area (Å²) in [6, 6.07) is 0. The second-order valence-electron chi connectivity index (χ2n) is 6.61. The molecule has 1 fully saturated rings. The summed E-state index contributed by atoms with van der Waals surface area (Å²) in [5.74, 6) is 1.39. The van der Waals surface area contributed by atoms with E-state index < -0.39 is 0 Å². The average molecular weight is 220 g/mol. The lowest BCUT2D eigenvalue weighted by molar-refractivity contribution is -0.133. The molecule has 1 saturated carbocycles. The third-order valence-electron chi connectivity index (χ3n) is 5.26. The van der Waals surface area contributed by atoms with Gasteiger partial charge in [0.25, 0.3) is 0 Å². The molecule has 1 nitrogen and oxygen atoms in total. The summed E-state index contributed by atoms with van der Waals surface area (Å²) in [6.07, 6.45) is 5.54. The molecule has 1 heteroatoms. The molecule has 0 N–H and O–H groups in total. The van der Waals surface area contributed by atoms with E-state index in [1.165, 1.54) is 12.0 Å². The zero-order valence-corrected chi connectivity index (χ0v) is 11.3. The maximum absolute atomic E-state index is 12.4. The second kappa shape index (κ2) is 3.45. The molecule has 90 valence electrons. The van der Waals surface area contributed by atoms with Gasteiger partial charge in [0.15, 0.2) is 0 Å². The van der Waals surface area contributed by atoms with Crippen LogP contribution >= 0.6 is 0 Å². The first kappa shape index (κ1) is 11.9. The van der Waals surface area contributed by atoms with Crippen LogP contribution < -0.4 is 0 Å². The highest BCUT2D eigenvalue weighted by atomic mass is 16.1. The number of carbonyl (C=O) groups excluding carboxylic acids is 1. The molecule has 0 radical (unpaired) electrons. The Hall–Kier alpha value is -0.590. The predicted molar refractivity (Wildman–Crippen MR) is 67.2 cm³/mol. The van der Waals surface area contributed by atoms with Gasteiger partial charge in [0.1, 0.15) is 5.78 Å². The molecule has 0 spiro atoms. The number of hydrogen-bond donors (Lipinski definition) is 0. The highest BCUT2D eigenvalue weighted by Crippen LogP contribution is 2.56. The van der Waals surface area contributed by atoms with E-state index in [2.05, 4.69) is 40.7 Å². The van der Waals surface area contributed by atoms with E-state index in [0.717, 1.165) is 12.8 Å². The number of Topliss-reactive ketones (excluding diaryl/α,β-unsaturated/α-hetero) is 1. The summed E-state index contributed by atoms with van der Waals surface area (Å²) < 4.78 is 0. The van der Waals surface area contributed by atoms with Crippen LogP contribution in [-0.2, 0) is 4.79 Å². The molecule has 0 heterocycles. The molecule has 3 atom stereocenters. The van der Waals surface area contributed by atoms with Crippen LogP contribution in [0, 0.1) is 22.7 Å². The maximum Gasteiger partial charge on any atom is 0.145 e. The Bertz CT molecular complexity index is 350. The van der Waals surface area contributed by atoms with Crippen LogP contribution in [0.4, 0.5) is 0 Å². The van der Waals surface area contributed by atoms with E-state index in [9.17, 15) is 4.79 Å². The third-order valence-corrected chi connectivity index (χ3v) is 5.26. The van der Waals surface area contributed by atoms with E-state index in [0.29, 0.717) is 11.7 Å². The van der Waals surface area contributed by atoms with Crippen LogP contribution in [0.25, 0.3) is 0 Å². The first-order valence-corrected chi connectivity index (χ1v) is 6.55. The first-order valence-electron chi connectivity index (χ1n) is 6.55. The van der Waals surface area contributed by atoms with Crippen molar-refractivity contribution in [2.75, 3.05) is 0 Å². The van der Waals surface area contributed by atoms with E-state index >= 15 is 0 Å². The van der Waals surface area contributed by atoms with Gasteiger partial charge in [0, 0.05) is 11.3 Å². The van der Waals surface area contributed by atoms with Crippen LogP contribution in [0.5, 0.6) is 0 Å². The zero-order valence-electron chi connectivity index (χ0n) is 11.3. The zero-order chi connectivity index (χ0) is 12.1. The lowest BCUT2D eigenvalue weighted by Crippen LogP contribution is -2.47. The SMILES string of the molecule is CC1CCC2(C)C(=O)[C@H](C)CC=C2C1(C)C. The molecule has 0 aromatic carbocycles. The van der Waals surface area contributed by atoms with Gasteiger partial charge in [-0.3, -0.25) is 4.79 Å². The normalized spacial score (nSPS) is 42.6. The van der Waals surface area contributed by atoms with Crippen molar-refractivity contribution in [2.24, 2.45) is 22.7 Å². The second-order valence-corrected chi connectivity index (χ2v) is 6.61. The van der Waals surface area contributed by atoms with Crippen LogP contribution in [0.1, 0.15) is 53.9 Å². The predicted octanol–water partition coefficient (Wildman–Crippen LogP) is 3.98. The molecule has 2 aliphatic carbocycles. The number of hydrogen-bond acceptors (Lipinski definition) is 1. The molecule has 16 heavy (non-hydrogen) atoms. The summed E-state index contributed by atoms with van der Waals surface area (Å²) in [5, 5.41) is 0. The Morgan fingerprint density at radius 1 is 1.25 bits per heavy atom. The molecule has 0 aromatic heterocycles. The lowest BCUT2D eigenvalue weighted by Gasteiger charge is -2.51. The van der Waals surface area contributed by atoms with Crippen molar-refractivity contribution in [1.29, 1.82) is 0 Å². The minimum absolute atomic E-state index is 0.159. The van der Waals surface area contributed by atoms with Gasteiger partial charge in [0.05, 0.1) is 0 Å². The summed E-state index contributed by atoms with van der Waals surface area (Å²) >= 11 is 0. The van der Waals surface area contributed by atoms with E-state index in [-0.39, 0.29) is 16.7 Å². The van der Waals surface area contributed by atoms with Gasteiger partial charge in [0.2, 0.25) is 0 Å². The van der Waals surface area contributed by atoms with Gasteiger partial charge >= 0.3 is 0 Å². The monoisotopic (exact) mass is 220 g/mol. The van der Waals surface area contributed by atoms with Crippen LogP contribution in [0.3, 0.4) is 0 Å². The Balaban J connectivity index is 2.49. The number of carbonyl (C=O) groups is 1. The molecule has 0 bridgehead atoms. The highest BCUT2D eigenvalue weighted by Gasteiger charge is 2.51. The average Bonchev–Trinajstić information content (AvgIpc) is 2.21. The Labute approximate surface area is 99.3 Å². The molecular weight excluding hydrogens is 196 g/mol. The molecule has 2 unspecified atom stereocenters. The number of rotatable bonds is 0. The molecule has 0 amide bonds. The Morgan fingerprint density at radius 2 is 1.88 bits per heavy atom. The van der Waals surface area contributed by atoms with Crippen molar-refractivity contribution in [3.05, 3.63) is 11.6 Å². The molecule has 0 aromatic rings. The fourth-order valence-electron chi connectivity index (χ4n) is 3.67. The summed E-state index contributed by atoms with van der Waals surface area (Å²) in [7, 11) is 0. The summed E-state index contributed by atoms with van der Waals surface area (Å²) in [5.41, 5.74) is 1.46. The highest BCUT2D eigenvalue weighted by molar-refractivity contribution is 5.91. The first-order chi connectivity index (χ1) is 7.30. The fraction of sp³-hybridized carbons (Fsp3) is 0.800. The van der Waals surface area contributed by atoms with E-state index in [1.54, 1.807) is 0 Å². The van der Waals surface area contributed by atoms with Gasteiger partial charge in [-0.2, -0.15) is 0 Å². The van der Waals surface area contributed by atoms with E-state index in [4.69, 9.17) is 0 Å². The maximum atomic E-state index is 12.4. The summed E-state index contributed by atoms with van der Waals surface area (Å²) in [6.45, 7) is 11.2. The van der Waals surface area contributed by atoms with Crippen molar-refractivity contribution in [3.63, 3.8) is 0 Å². The minimum atomic E-state index is -0.159. The third kappa shape index (κ3) is 1.40. The Morgan fingerprint density at radius 3 is 2.50 bits per heavy atom.